The van der Waals surface area contributed by atoms with Crippen LogP contribution in [0.15, 0.2) is 41.7 Å². The van der Waals surface area contributed by atoms with Gasteiger partial charge >= 0.3 is 0 Å². The minimum atomic E-state index is 0. The van der Waals surface area contributed by atoms with E-state index in [1.807, 2.05) is 26.2 Å². The van der Waals surface area contributed by atoms with E-state index in [1.165, 1.54) is 16.0 Å². The molecule has 0 radical (unpaired) electrons. The quantitative estimate of drug-likeness (QED) is 0.301. The molecular formula is C20H27IN6S. The molecule has 0 unspecified atom stereocenters. The Morgan fingerprint density at radius 1 is 1.14 bits per heavy atom. The van der Waals surface area contributed by atoms with Gasteiger partial charge in [-0.2, -0.15) is 0 Å². The molecule has 0 saturated heterocycles. The van der Waals surface area contributed by atoms with Crippen molar-refractivity contribution < 1.29 is 0 Å². The van der Waals surface area contributed by atoms with Crippen LogP contribution in [-0.2, 0) is 19.6 Å². The van der Waals surface area contributed by atoms with E-state index < -0.39 is 0 Å². The van der Waals surface area contributed by atoms with Crippen LogP contribution in [0.1, 0.15) is 32.5 Å². The van der Waals surface area contributed by atoms with Gasteiger partial charge in [-0.05, 0) is 31.9 Å². The molecule has 0 fully saturated rings. The van der Waals surface area contributed by atoms with Gasteiger partial charge in [0, 0.05) is 37.4 Å². The van der Waals surface area contributed by atoms with Crippen molar-refractivity contribution in [3.8, 4) is 0 Å². The molecule has 28 heavy (non-hydrogen) atoms. The molecule has 0 bridgehead atoms. The lowest BCUT2D eigenvalue weighted by Crippen LogP contribution is -2.36. The maximum atomic E-state index is 4.55. The Kier molecular flexibility index (Phi) is 8.43. The molecule has 0 aliphatic rings. The lowest BCUT2D eigenvalue weighted by atomic mass is 10.1. The Morgan fingerprint density at radius 2 is 1.89 bits per heavy atom. The van der Waals surface area contributed by atoms with Crippen LogP contribution in [0.2, 0.25) is 0 Å². The number of aromatic nitrogens is 3. The number of nitrogens with zero attached hydrogens (tertiary/aromatic N) is 4. The zero-order valence-corrected chi connectivity index (χ0v) is 19.8. The smallest absolute Gasteiger partial charge is 0.191 e. The van der Waals surface area contributed by atoms with Gasteiger partial charge in [0.2, 0.25) is 0 Å². The van der Waals surface area contributed by atoms with Gasteiger partial charge < -0.3 is 15.2 Å². The van der Waals surface area contributed by atoms with Gasteiger partial charge in [-0.25, -0.2) is 9.97 Å². The third-order valence-corrected chi connectivity index (χ3v) is 5.50. The molecule has 1 aromatic carbocycles. The zero-order chi connectivity index (χ0) is 19.2. The Morgan fingerprint density at radius 3 is 2.54 bits per heavy atom. The number of aryl methyl sites for hydroxylation is 3. The van der Waals surface area contributed by atoms with E-state index >= 15 is 0 Å². The number of aliphatic imine (C=N–C) groups is 1. The molecule has 6 nitrogen and oxygen atoms in total. The predicted octanol–water partition coefficient (Wildman–Crippen LogP) is 3.80. The number of hydrogen-bond donors (Lipinski definition) is 2. The number of guanidine groups is 1. The lowest BCUT2D eigenvalue weighted by molar-refractivity contribution is 0.757. The molecular weight excluding hydrogens is 483 g/mol. The van der Waals surface area contributed by atoms with Crippen molar-refractivity contribution in [2.45, 2.75) is 40.4 Å². The van der Waals surface area contributed by atoms with E-state index in [4.69, 9.17) is 0 Å². The van der Waals surface area contributed by atoms with E-state index in [2.05, 4.69) is 61.4 Å². The number of rotatable bonds is 6. The van der Waals surface area contributed by atoms with Crippen LogP contribution < -0.4 is 10.6 Å². The molecule has 2 N–H and O–H groups in total. The van der Waals surface area contributed by atoms with Gasteiger partial charge in [0.05, 0.1) is 12.2 Å². The molecule has 0 amide bonds. The second-order valence-electron chi connectivity index (χ2n) is 6.45. The number of thiazole rings is 1. The van der Waals surface area contributed by atoms with Gasteiger partial charge in [-0.1, -0.05) is 24.3 Å². The van der Waals surface area contributed by atoms with Crippen LogP contribution in [0.5, 0.6) is 0 Å². The summed E-state index contributed by atoms with van der Waals surface area (Å²) in [4.78, 5) is 14.4. The van der Waals surface area contributed by atoms with E-state index in [-0.39, 0.29) is 24.0 Å². The van der Waals surface area contributed by atoms with E-state index in [0.717, 1.165) is 29.0 Å². The van der Waals surface area contributed by atoms with Gasteiger partial charge in [0.25, 0.3) is 0 Å². The molecule has 2 heterocycles. The van der Waals surface area contributed by atoms with Gasteiger partial charge in [-0.15, -0.1) is 35.3 Å². The SMILES string of the molecule is CN=C(NCc1cccc(Cn2ccnc2C)c1)NCc1nc(C)c(C)s1.I. The first-order chi connectivity index (χ1) is 13.0. The third-order valence-electron chi connectivity index (χ3n) is 4.43. The van der Waals surface area contributed by atoms with Crippen molar-refractivity contribution in [2.75, 3.05) is 7.05 Å². The average Bonchev–Trinajstić information content (AvgIpc) is 3.20. The van der Waals surface area contributed by atoms with E-state index in [1.54, 1.807) is 18.4 Å². The Bertz CT molecular complexity index is 911. The second-order valence-corrected chi connectivity index (χ2v) is 7.74. The van der Waals surface area contributed by atoms with Crippen LogP contribution >= 0.6 is 35.3 Å². The maximum Gasteiger partial charge on any atom is 0.191 e. The van der Waals surface area contributed by atoms with Crippen molar-refractivity contribution in [1.29, 1.82) is 0 Å². The average molecular weight is 510 g/mol. The Balaban J connectivity index is 0.00000280. The molecule has 150 valence electrons. The summed E-state index contributed by atoms with van der Waals surface area (Å²) < 4.78 is 2.14. The number of hydrogen-bond acceptors (Lipinski definition) is 4. The van der Waals surface area contributed by atoms with Crippen molar-refractivity contribution >= 4 is 41.3 Å². The van der Waals surface area contributed by atoms with Crippen LogP contribution in [0.25, 0.3) is 0 Å². The summed E-state index contributed by atoms with van der Waals surface area (Å²) in [5.74, 6) is 1.80. The minimum Gasteiger partial charge on any atom is -0.352 e. The van der Waals surface area contributed by atoms with Crippen molar-refractivity contribution in [3.63, 3.8) is 0 Å². The molecule has 3 aromatic rings. The summed E-state index contributed by atoms with van der Waals surface area (Å²) in [6, 6.07) is 8.57. The van der Waals surface area contributed by atoms with Crippen LogP contribution in [0, 0.1) is 20.8 Å². The molecule has 2 aromatic heterocycles. The van der Waals surface area contributed by atoms with Crippen LogP contribution in [0.3, 0.4) is 0 Å². The fourth-order valence-electron chi connectivity index (χ4n) is 2.79. The van der Waals surface area contributed by atoms with Crippen molar-refractivity contribution in [1.82, 2.24) is 25.2 Å². The largest absolute Gasteiger partial charge is 0.352 e. The predicted molar refractivity (Wildman–Crippen MR) is 127 cm³/mol. The number of nitrogens with one attached hydrogen (secondary N) is 2. The molecule has 0 spiro atoms. The van der Waals surface area contributed by atoms with Crippen LogP contribution in [-0.4, -0.2) is 27.5 Å². The first-order valence-electron chi connectivity index (χ1n) is 8.98. The molecule has 0 saturated carbocycles. The highest BCUT2D eigenvalue weighted by Crippen LogP contribution is 2.16. The highest BCUT2D eigenvalue weighted by atomic mass is 127. The summed E-state index contributed by atoms with van der Waals surface area (Å²) in [6.45, 7) is 8.38. The minimum absolute atomic E-state index is 0. The Labute approximate surface area is 187 Å². The lowest BCUT2D eigenvalue weighted by Gasteiger charge is -2.12. The molecule has 0 aliphatic carbocycles. The summed E-state index contributed by atoms with van der Waals surface area (Å²) in [5, 5.41) is 7.78. The molecule has 3 rings (SSSR count). The van der Waals surface area contributed by atoms with Gasteiger partial charge in [-0.3, -0.25) is 4.99 Å². The normalized spacial score (nSPS) is 11.2. The number of halogens is 1. The second kappa shape index (κ2) is 10.6. The summed E-state index contributed by atoms with van der Waals surface area (Å²) >= 11 is 1.72. The fourth-order valence-corrected chi connectivity index (χ4v) is 3.66. The monoisotopic (exact) mass is 510 g/mol. The van der Waals surface area contributed by atoms with E-state index in [0.29, 0.717) is 13.1 Å². The van der Waals surface area contributed by atoms with Gasteiger partial charge in [0.15, 0.2) is 5.96 Å². The zero-order valence-electron chi connectivity index (χ0n) is 16.7. The maximum absolute atomic E-state index is 4.55. The summed E-state index contributed by atoms with van der Waals surface area (Å²) in [7, 11) is 1.78. The van der Waals surface area contributed by atoms with Crippen molar-refractivity contribution in [2.24, 2.45) is 4.99 Å². The van der Waals surface area contributed by atoms with Crippen molar-refractivity contribution in [3.05, 3.63) is 69.2 Å². The van der Waals surface area contributed by atoms with Crippen LogP contribution in [0.4, 0.5) is 0 Å². The fraction of sp³-hybridized carbons (Fsp3) is 0.350. The molecule has 0 atom stereocenters. The third kappa shape index (κ3) is 6.03. The first kappa shape index (κ1) is 22.4. The molecule has 8 heteroatoms. The summed E-state index contributed by atoms with van der Waals surface area (Å²) in [5.41, 5.74) is 3.57. The molecule has 0 aliphatic heterocycles. The topological polar surface area (TPSA) is 67.1 Å². The summed E-state index contributed by atoms with van der Waals surface area (Å²) in [6.07, 6.45) is 3.84. The first-order valence-corrected chi connectivity index (χ1v) is 9.80. The standard InChI is InChI=1S/C20H26N6S.HI/c1-14-15(2)27-19(25-14)12-24-20(21-4)23-11-17-6-5-7-18(10-17)13-26-9-8-22-16(26)3;/h5-10H,11-13H2,1-4H3,(H2,21,23,24);1H. The number of benzene rings is 1. The van der Waals surface area contributed by atoms with Gasteiger partial charge in [0.1, 0.15) is 10.8 Å². The van der Waals surface area contributed by atoms with E-state index in [9.17, 15) is 0 Å². The number of imidazole rings is 1. The highest BCUT2D eigenvalue weighted by molar-refractivity contribution is 14.0. The highest BCUT2D eigenvalue weighted by Gasteiger charge is 2.05. The Hall–Kier alpha value is -1.94.